The van der Waals surface area contributed by atoms with Gasteiger partial charge in [-0.25, -0.2) is 9.69 Å². The average Bonchev–Trinajstić information content (AvgIpc) is 3.21. The maximum absolute atomic E-state index is 12.5. The van der Waals surface area contributed by atoms with Gasteiger partial charge in [0.15, 0.2) is 0 Å². The number of carbonyl (C=O) groups is 2. The van der Waals surface area contributed by atoms with Crippen LogP contribution < -0.4 is 9.80 Å². The Kier molecular flexibility index (Phi) is 2.87. The molecule has 5 heteroatoms. The van der Waals surface area contributed by atoms with E-state index in [9.17, 15) is 9.59 Å². The van der Waals surface area contributed by atoms with Crippen LogP contribution in [0.25, 0.3) is 0 Å². The summed E-state index contributed by atoms with van der Waals surface area (Å²) >= 11 is 0. The van der Waals surface area contributed by atoms with E-state index in [1.165, 1.54) is 17.7 Å². The van der Waals surface area contributed by atoms with Crippen molar-refractivity contribution in [2.45, 2.75) is 31.7 Å². The standard InChI is InChI=1S/C16H19N3O2/c20-15-14-7-4-10-18(14)16(21)19(15)13-6-3-5-12(11-13)17-8-1-2-9-17/h3,5-6,11,14H,1-2,4,7-10H2. The first-order chi connectivity index (χ1) is 10.3. The fourth-order valence-electron chi connectivity index (χ4n) is 3.67. The van der Waals surface area contributed by atoms with Crippen LogP contribution in [0.15, 0.2) is 24.3 Å². The van der Waals surface area contributed by atoms with Gasteiger partial charge in [-0.1, -0.05) is 6.07 Å². The quantitative estimate of drug-likeness (QED) is 0.783. The van der Waals surface area contributed by atoms with Gasteiger partial charge in [0.05, 0.1) is 5.69 Å². The topological polar surface area (TPSA) is 43.9 Å². The molecule has 3 amide bonds. The number of hydrogen-bond donors (Lipinski definition) is 0. The van der Waals surface area contributed by atoms with Crippen molar-refractivity contribution in [3.63, 3.8) is 0 Å². The summed E-state index contributed by atoms with van der Waals surface area (Å²) in [5, 5.41) is 0. The van der Waals surface area contributed by atoms with Crippen LogP contribution in [0, 0.1) is 0 Å². The van der Waals surface area contributed by atoms with Gasteiger partial charge in [0.2, 0.25) is 0 Å². The van der Waals surface area contributed by atoms with Crippen LogP contribution >= 0.6 is 0 Å². The number of carbonyl (C=O) groups excluding carboxylic acids is 2. The summed E-state index contributed by atoms with van der Waals surface area (Å²) in [6.07, 6.45) is 4.15. The number of fused-ring (bicyclic) bond motifs is 1. The first-order valence-electron chi connectivity index (χ1n) is 7.75. The molecule has 0 N–H and O–H groups in total. The highest BCUT2D eigenvalue weighted by molar-refractivity contribution is 6.21. The Hall–Kier alpha value is -2.04. The number of hydrogen-bond acceptors (Lipinski definition) is 3. The van der Waals surface area contributed by atoms with Crippen LogP contribution in [-0.4, -0.2) is 42.5 Å². The van der Waals surface area contributed by atoms with E-state index in [2.05, 4.69) is 11.0 Å². The van der Waals surface area contributed by atoms with E-state index in [-0.39, 0.29) is 18.0 Å². The Labute approximate surface area is 124 Å². The van der Waals surface area contributed by atoms with Gasteiger partial charge in [0, 0.05) is 25.3 Å². The summed E-state index contributed by atoms with van der Waals surface area (Å²) in [5.74, 6) is -0.0592. The number of benzene rings is 1. The third-order valence-electron chi connectivity index (χ3n) is 4.75. The summed E-state index contributed by atoms with van der Waals surface area (Å²) in [7, 11) is 0. The molecule has 3 heterocycles. The molecule has 0 spiro atoms. The van der Waals surface area contributed by atoms with Gasteiger partial charge >= 0.3 is 6.03 Å². The fraction of sp³-hybridized carbons (Fsp3) is 0.500. The highest BCUT2D eigenvalue weighted by atomic mass is 16.2. The minimum Gasteiger partial charge on any atom is -0.371 e. The predicted molar refractivity (Wildman–Crippen MR) is 80.5 cm³/mol. The molecule has 5 nitrogen and oxygen atoms in total. The molecule has 1 aromatic carbocycles. The Bertz CT molecular complexity index is 573. The smallest absolute Gasteiger partial charge is 0.332 e. The van der Waals surface area contributed by atoms with E-state index in [1.54, 1.807) is 4.90 Å². The molecule has 1 atom stereocenters. The van der Waals surface area contributed by atoms with E-state index < -0.39 is 0 Å². The predicted octanol–water partition coefficient (Wildman–Crippen LogP) is 2.22. The van der Waals surface area contributed by atoms with Crippen molar-refractivity contribution in [3.8, 4) is 0 Å². The second-order valence-electron chi connectivity index (χ2n) is 6.02. The SMILES string of the molecule is O=C1C2CCCN2C(=O)N1c1cccc(N2CCCC2)c1. The van der Waals surface area contributed by atoms with Gasteiger partial charge in [-0.3, -0.25) is 4.79 Å². The Balaban J connectivity index is 1.65. The van der Waals surface area contributed by atoms with Crippen molar-refractivity contribution >= 4 is 23.3 Å². The molecule has 21 heavy (non-hydrogen) atoms. The van der Waals surface area contributed by atoms with Crippen molar-refractivity contribution in [2.75, 3.05) is 29.4 Å². The zero-order valence-corrected chi connectivity index (χ0v) is 12.0. The van der Waals surface area contributed by atoms with E-state index in [0.29, 0.717) is 12.2 Å². The molecule has 3 aliphatic rings. The van der Waals surface area contributed by atoms with Gasteiger partial charge in [-0.2, -0.15) is 0 Å². The lowest BCUT2D eigenvalue weighted by Crippen LogP contribution is -2.33. The van der Waals surface area contributed by atoms with Crippen molar-refractivity contribution in [1.82, 2.24) is 4.90 Å². The zero-order chi connectivity index (χ0) is 14.4. The Morgan fingerprint density at radius 1 is 0.952 bits per heavy atom. The molecule has 4 rings (SSSR count). The number of imide groups is 1. The molecule has 0 aromatic heterocycles. The highest BCUT2D eigenvalue weighted by Crippen LogP contribution is 2.33. The van der Waals surface area contributed by atoms with Gasteiger partial charge in [-0.15, -0.1) is 0 Å². The lowest BCUT2D eigenvalue weighted by molar-refractivity contribution is -0.119. The first-order valence-corrected chi connectivity index (χ1v) is 7.75. The molecule has 0 aliphatic carbocycles. The second-order valence-corrected chi connectivity index (χ2v) is 6.02. The van der Waals surface area contributed by atoms with Crippen molar-refractivity contribution in [2.24, 2.45) is 0 Å². The molecule has 3 aliphatic heterocycles. The maximum atomic E-state index is 12.5. The van der Waals surface area contributed by atoms with Crippen LogP contribution in [0.3, 0.4) is 0 Å². The van der Waals surface area contributed by atoms with Crippen LogP contribution in [0.2, 0.25) is 0 Å². The number of rotatable bonds is 2. The third-order valence-corrected chi connectivity index (χ3v) is 4.75. The average molecular weight is 285 g/mol. The fourth-order valence-corrected chi connectivity index (χ4v) is 3.67. The molecule has 0 bridgehead atoms. The van der Waals surface area contributed by atoms with Crippen LogP contribution in [-0.2, 0) is 4.79 Å². The van der Waals surface area contributed by atoms with Crippen molar-refractivity contribution < 1.29 is 9.59 Å². The number of anilines is 2. The van der Waals surface area contributed by atoms with Gasteiger partial charge in [0.25, 0.3) is 5.91 Å². The van der Waals surface area contributed by atoms with Gasteiger partial charge in [-0.05, 0) is 43.9 Å². The lowest BCUT2D eigenvalue weighted by Gasteiger charge is -2.21. The summed E-state index contributed by atoms with van der Waals surface area (Å²) in [6.45, 7) is 2.82. The van der Waals surface area contributed by atoms with E-state index in [1.807, 2.05) is 18.2 Å². The number of nitrogens with zero attached hydrogens (tertiary/aromatic N) is 3. The van der Waals surface area contributed by atoms with Crippen molar-refractivity contribution in [3.05, 3.63) is 24.3 Å². The lowest BCUT2D eigenvalue weighted by atomic mass is 10.2. The van der Waals surface area contributed by atoms with Crippen LogP contribution in [0.1, 0.15) is 25.7 Å². The summed E-state index contributed by atoms with van der Waals surface area (Å²) in [6, 6.07) is 7.45. The molecule has 0 radical (unpaired) electrons. The molecule has 1 unspecified atom stereocenters. The summed E-state index contributed by atoms with van der Waals surface area (Å²) in [4.78, 5) is 30.3. The summed E-state index contributed by atoms with van der Waals surface area (Å²) < 4.78 is 0. The zero-order valence-electron chi connectivity index (χ0n) is 12.0. The Morgan fingerprint density at radius 2 is 1.71 bits per heavy atom. The number of urea groups is 1. The van der Waals surface area contributed by atoms with E-state index in [4.69, 9.17) is 0 Å². The minimum absolute atomic E-state index is 0.0592. The highest BCUT2D eigenvalue weighted by Gasteiger charge is 2.48. The molecule has 3 fully saturated rings. The second kappa shape index (κ2) is 4.76. The molecule has 3 saturated heterocycles. The van der Waals surface area contributed by atoms with Crippen LogP contribution in [0.4, 0.5) is 16.2 Å². The first kappa shape index (κ1) is 12.7. The molecule has 1 aromatic rings. The van der Waals surface area contributed by atoms with E-state index in [0.717, 1.165) is 31.6 Å². The van der Waals surface area contributed by atoms with Crippen molar-refractivity contribution in [1.29, 1.82) is 0 Å². The maximum Gasteiger partial charge on any atom is 0.332 e. The summed E-state index contributed by atoms with van der Waals surface area (Å²) in [5.41, 5.74) is 1.82. The molecule has 110 valence electrons. The Morgan fingerprint density at radius 3 is 2.48 bits per heavy atom. The largest absolute Gasteiger partial charge is 0.371 e. The number of amides is 3. The van der Waals surface area contributed by atoms with Gasteiger partial charge < -0.3 is 9.80 Å². The third kappa shape index (κ3) is 1.91. The molecule has 0 saturated carbocycles. The molecular weight excluding hydrogens is 266 g/mol. The van der Waals surface area contributed by atoms with E-state index >= 15 is 0 Å². The molecular formula is C16H19N3O2. The normalized spacial score (nSPS) is 25.1. The van der Waals surface area contributed by atoms with Gasteiger partial charge in [0.1, 0.15) is 6.04 Å². The minimum atomic E-state index is -0.229. The van der Waals surface area contributed by atoms with Crippen LogP contribution in [0.5, 0.6) is 0 Å². The monoisotopic (exact) mass is 285 g/mol.